The average Bonchev–Trinajstić information content (AvgIpc) is 3.19. The highest BCUT2D eigenvalue weighted by atomic mass is 16.3. The number of anilines is 2. The fraction of sp³-hybridized carbons (Fsp3) is 0.176. The van der Waals surface area contributed by atoms with E-state index < -0.39 is 0 Å². The molecule has 0 aliphatic rings. The molecular formula is C17H15N7O. The molecule has 0 radical (unpaired) electrons. The summed E-state index contributed by atoms with van der Waals surface area (Å²) >= 11 is 0. The number of para-hydroxylation sites is 1. The van der Waals surface area contributed by atoms with Gasteiger partial charge in [-0.2, -0.15) is 10.4 Å². The van der Waals surface area contributed by atoms with E-state index in [0.717, 1.165) is 28.6 Å². The van der Waals surface area contributed by atoms with E-state index in [9.17, 15) is 0 Å². The smallest absolute Gasteiger partial charge is 0.196 e. The molecule has 1 aromatic carbocycles. The Balaban J connectivity index is 1.49. The summed E-state index contributed by atoms with van der Waals surface area (Å²) in [5, 5.41) is 20.0. The number of nitrogens with zero attached hydrogens (tertiary/aromatic N) is 4. The van der Waals surface area contributed by atoms with Crippen molar-refractivity contribution in [2.24, 2.45) is 0 Å². The molecule has 4 aromatic rings. The van der Waals surface area contributed by atoms with Crippen molar-refractivity contribution >= 4 is 33.7 Å². The van der Waals surface area contributed by atoms with Crippen LogP contribution in [0.25, 0.3) is 22.1 Å². The Kier molecular flexibility index (Phi) is 3.67. The van der Waals surface area contributed by atoms with Crippen LogP contribution < -0.4 is 11.1 Å². The van der Waals surface area contributed by atoms with Crippen LogP contribution in [0, 0.1) is 11.3 Å². The number of nitrogens with one attached hydrogen (secondary N) is 2. The van der Waals surface area contributed by atoms with Crippen LogP contribution >= 0.6 is 0 Å². The van der Waals surface area contributed by atoms with Crippen molar-refractivity contribution < 1.29 is 4.42 Å². The predicted molar refractivity (Wildman–Crippen MR) is 93.8 cm³/mol. The zero-order valence-electron chi connectivity index (χ0n) is 13.3. The van der Waals surface area contributed by atoms with Crippen molar-refractivity contribution in [3.63, 3.8) is 0 Å². The number of hydrogen-bond acceptors (Lipinski definition) is 7. The molecule has 4 rings (SSSR count). The Morgan fingerprint density at radius 2 is 2.16 bits per heavy atom. The number of fused-ring (bicyclic) bond motifs is 3. The molecule has 0 amide bonds. The van der Waals surface area contributed by atoms with Crippen molar-refractivity contribution in [1.82, 2.24) is 20.2 Å². The number of rotatable bonds is 5. The van der Waals surface area contributed by atoms with Gasteiger partial charge in [0.2, 0.25) is 0 Å². The number of H-pyrrole nitrogens is 1. The van der Waals surface area contributed by atoms with Gasteiger partial charge in [0.05, 0.1) is 5.69 Å². The number of aromatic amines is 1. The van der Waals surface area contributed by atoms with E-state index in [1.165, 1.54) is 6.33 Å². The summed E-state index contributed by atoms with van der Waals surface area (Å²) in [4.78, 5) is 8.60. The molecule has 0 aliphatic heterocycles. The lowest BCUT2D eigenvalue weighted by Gasteiger charge is -2.05. The van der Waals surface area contributed by atoms with E-state index in [4.69, 9.17) is 15.4 Å². The van der Waals surface area contributed by atoms with Crippen LogP contribution in [0.15, 0.2) is 35.0 Å². The number of aryl methyl sites for hydroxylation is 1. The molecule has 0 saturated heterocycles. The van der Waals surface area contributed by atoms with Gasteiger partial charge < -0.3 is 15.5 Å². The highest BCUT2D eigenvalue weighted by molar-refractivity contribution is 6.05. The molecule has 25 heavy (non-hydrogen) atoms. The molecule has 0 spiro atoms. The summed E-state index contributed by atoms with van der Waals surface area (Å²) in [6.07, 6.45) is 2.96. The first-order valence-corrected chi connectivity index (χ1v) is 7.87. The third kappa shape index (κ3) is 2.61. The Morgan fingerprint density at radius 1 is 1.28 bits per heavy atom. The molecule has 3 aromatic heterocycles. The minimum absolute atomic E-state index is 0.241. The van der Waals surface area contributed by atoms with Gasteiger partial charge in [0.25, 0.3) is 0 Å². The van der Waals surface area contributed by atoms with Crippen molar-refractivity contribution in [2.75, 3.05) is 17.6 Å². The fourth-order valence-corrected chi connectivity index (χ4v) is 2.82. The lowest BCUT2D eigenvalue weighted by Crippen LogP contribution is -2.05. The number of nitrogen functional groups attached to an aromatic ring is 1. The second-order valence-corrected chi connectivity index (χ2v) is 5.60. The van der Waals surface area contributed by atoms with E-state index in [2.05, 4.69) is 31.6 Å². The Labute approximate surface area is 142 Å². The first kappa shape index (κ1) is 15.0. The van der Waals surface area contributed by atoms with Gasteiger partial charge in [-0.05, 0) is 25.0 Å². The number of benzene rings is 1. The minimum atomic E-state index is 0.241. The number of hydrogen-bond donors (Lipinski definition) is 3. The number of furan rings is 1. The van der Waals surface area contributed by atoms with Gasteiger partial charge >= 0.3 is 0 Å². The Bertz CT molecular complexity index is 1090. The van der Waals surface area contributed by atoms with Crippen molar-refractivity contribution in [2.45, 2.75) is 12.8 Å². The van der Waals surface area contributed by atoms with Gasteiger partial charge in [0.1, 0.15) is 29.1 Å². The zero-order valence-corrected chi connectivity index (χ0v) is 13.3. The highest BCUT2D eigenvalue weighted by Crippen LogP contribution is 2.30. The zero-order chi connectivity index (χ0) is 17.2. The van der Waals surface area contributed by atoms with Crippen LogP contribution in [0.3, 0.4) is 0 Å². The quantitative estimate of drug-likeness (QED) is 0.479. The molecule has 0 bridgehead atoms. The maximum Gasteiger partial charge on any atom is 0.196 e. The molecule has 3 heterocycles. The second-order valence-electron chi connectivity index (χ2n) is 5.60. The molecule has 0 fully saturated rings. The molecule has 0 saturated carbocycles. The first-order chi connectivity index (χ1) is 12.3. The van der Waals surface area contributed by atoms with Crippen LogP contribution in [-0.4, -0.2) is 26.7 Å². The van der Waals surface area contributed by atoms with Crippen LogP contribution in [0.5, 0.6) is 0 Å². The standard InChI is InChI=1S/C17H15N7O/c18-8-11-12(23-24-16(11)19)5-3-7-20-17-15-14(21-9-22-17)10-4-1-2-6-13(10)25-15/h1-2,4,6,9H,3,5,7H2,(H3,19,23,24)(H,20,21,22). The van der Waals surface area contributed by atoms with Gasteiger partial charge in [-0.25, -0.2) is 9.97 Å². The van der Waals surface area contributed by atoms with Crippen LogP contribution in [0.4, 0.5) is 11.6 Å². The molecule has 0 aliphatic carbocycles. The van der Waals surface area contributed by atoms with E-state index in [-0.39, 0.29) is 5.82 Å². The van der Waals surface area contributed by atoms with E-state index in [1.54, 1.807) is 0 Å². The summed E-state index contributed by atoms with van der Waals surface area (Å²) < 4.78 is 5.88. The van der Waals surface area contributed by atoms with E-state index in [0.29, 0.717) is 29.9 Å². The minimum Gasteiger partial charge on any atom is -0.450 e. The number of aromatic nitrogens is 4. The third-order valence-corrected chi connectivity index (χ3v) is 4.04. The maximum absolute atomic E-state index is 9.08. The molecule has 0 unspecified atom stereocenters. The van der Waals surface area contributed by atoms with Crippen molar-refractivity contribution in [3.05, 3.63) is 41.9 Å². The molecule has 8 nitrogen and oxygen atoms in total. The lowest BCUT2D eigenvalue weighted by atomic mass is 10.1. The normalized spacial score (nSPS) is 11.0. The summed E-state index contributed by atoms with van der Waals surface area (Å²) in [6.45, 7) is 0.660. The van der Waals surface area contributed by atoms with E-state index >= 15 is 0 Å². The number of nitriles is 1. The van der Waals surface area contributed by atoms with Crippen molar-refractivity contribution in [3.8, 4) is 6.07 Å². The van der Waals surface area contributed by atoms with E-state index in [1.807, 2.05) is 24.3 Å². The molecule has 0 atom stereocenters. The van der Waals surface area contributed by atoms with Crippen LogP contribution in [-0.2, 0) is 6.42 Å². The first-order valence-electron chi connectivity index (χ1n) is 7.87. The SMILES string of the molecule is N#Cc1c(N)n[nH]c1CCCNc1ncnc2c1oc1ccccc12. The van der Waals surface area contributed by atoms with Crippen LogP contribution in [0.2, 0.25) is 0 Å². The van der Waals surface area contributed by atoms with Crippen LogP contribution in [0.1, 0.15) is 17.7 Å². The Morgan fingerprint density at radius 3 is 3.04 bits per heavy atom. The average molecular weight is 333 g/mol. The maximum atomic E-state index is 9.08. The van der Waals surface area contributed by atoms with Crippen molar-refractivity contribution in [1.29, 1.82) is 5.26 Å². The fourth-order valence-electron chi connectivity index (χ4n) is 2.82. The van der Waals surface area contributed by atoms with Gasteiger partial charge in [-0.3, -0.25) is 5.10 Å². The lowest BCUT2D eigenvalue weighted by molar-refractivity contribution is 0.666. The molecule has 124 valence electrons. The van der Waals surface area contributed by atoms with Gasteiger partial charge in [-0.1, -0.05) is 12.1 Å². The second kappa shape index (κ2) is 6.13. The topological polar surface area (TPSA) is 129 Å². The predicted octanol–water partition coefficient (Wildman–Crippen LogP) is 2.60. The highest BCUT2D eigenvalue weighted by Gasteiger charge is 2.13. The summed E-state index contributed by atoms with van der Waals surface area (Å²) in [7, 11) is 0. The summed E-state index contributed by atoms with van der Waals surface area (Å²) in [5.41, 5.74) is 9.03. The van der Waals surface area contributed by atoms with Gasteiger partial charge in [0, 0.05) is 11.9 Å². The third-order valence-electron chi connectivity index (χ3n) is 4.04. The van der Waals surface area contributed by atoms with Gasteiger partial charge in [-0.15, -0.1) is 0 Å². The molecule has 8 heteroatoms. The largest absolute Gasteiger partial charge is 0.450 e. The molecule has 4 N–H and O–H groups in total. The summed E-state index contributed by atoms with van der Waals surface area (Å²) in [5.74, 6) is 0.899. The monoisotopic (exact) mass is 333 g/mol. The molecular weight excluding hydrogens is 318 g/mol. The van der Waals surface area contributed by atoms with Gasteiger partial charge in [0.15, 0.2) is 17.2 Å². The Hall–Kier alpha value is -3.60. The summed E-state index contributed by atoms with van der Waals surface area (Å²) in [6, 6.07) is 9.83. The number of nitrogens with two attached hydrogens (primary N) is 1.